The Bertz CT molecular complexity index is 1540. The van der Waals surface area contributed by atoms with Crippen LogP contribution in [0.1, 0.15) is 42.2 Å². The standard InChI is InChI=1S/C30H26N4O3/c1-20-17-27(31-26-10-6-5-9-23(20)26)32-13-15-33(16-14-32)28(35)22-11-12-24-25(18-22)30(37)34(29(24)36)19-21-7-3-2-4-8-21/h2-12,17-18H,13-16,19H2,1H3. The van der Waals surface area contributed by atoms with E-state index in [-0.39, 0.29) is 24.3 Å². The van der Waals surface area contributed by atoms with E-state index < -0.39 is 0 Å². The Morgan fingerprint density at radius 1 is 0.811 bits per heavy atom. The third-order valence-electron chi connectivity index (χ3n) is 7.20. The number of hydrogen-bond acceptors (Lipinski definition) is 5. The number of hydrogen-bond donors (Lipinski definition) is 0. The smallest absolute Gasteiger partial charge is 0.261 e. The monoisotopic (exact) mass is 490 g/mol. The average molecular weight is 491 g/mol. The third-order valence-corrected chi connectivity index (χ3v) is 7.20. The van der Waals surface area contributed by atoms with Gasteiger partial charge in [-0.25, -0.2) is 4.98 Å². The van der Waals surface area contributed by atoms with Gasteiger partial charge in [0.15, 0.2) is 0 Å². The van der Waals surface area contributed by atoms with E-state index >= 15 is 0 Å². The molecule has 184 valence electrons. The first-order valence-corrected chi connectivity index (χ1v) is 12.4. The SMILES string of the molecule is Cc1cc(N2CCN(C(=O)c3ccc4c(c3)C(=O)N(Cc3ccccc3)C4=O)CC2)nc2ccccc12. The molecular formula is C30H26N4O3. The number of carbonyl (C=O) groups is 3. The Morgan fingerprint density at radius 2 is 1.51 bits per heavy atom. The summed E-state index contributed by atoms with van der Waals surface area (Å²) in [6.45, 7) is 4.75. The van der Waals surface area contributed by atoms with Crippen molar-refractivity contribution < 1.29 is 14.4 Å². The molecule has 1 saturated heterocycles. The molecule has 1 fully saturated rings. The van der Waals surface area contributed by atoms with Crippen LogP contribution in [-0.2, 0) is 6.54 Å². The highest BCUT2D eigenvalue weighted by molar-refractivity contribution is 6.22. The molecule has 6 rings (SSSR count). The molecule has 0 atom stereocenters. The van der Waals surface area contributed by atoms with Gasteiger partial charge in [0.25, 0.3) is 17.7 Å². The van der Waals surface area contributed by atoms with Gasteiger partial charge >= 0.3 is 0 Å². The van der Waals surface area contributed by atoms with Crippen molar-refractivity contribution in [2.45, 2.75) is 13.5 Å². The molecule has 4 aromatic rings. The Kier molecular flexibility index (Phi) is 5.68. The van der Waals surface area contributed by atoms with Crippen LogP contribution in [0, 0.1) is 6.92 Å². The Morgan fingerprint density at radius 3 is 2.30 bits per heavy atom. The molecule has 7 heteroatoms. The van der Waals surface area contributed by atoms with Gasteiger partial charge in [0.1, 0.15) is 5.82 Å². The van der Waals surface area contributed by atoms with Gasteiger partial charge in [-0.15, -0.1) is 0 Å². The molecule has 0 radical (unpaired) electrons. The maximum Gasteiger partial charge on any atom is 0.261 e. The summed E-state index contributed by atoms with van der Waals surface area (Å²) < 4.78 is 0. The van der Waals surface area contributed by atoms with E-state index in [0.717, 1.165) is 22.3 Å². The number of amides is 3. The van der Waals surface area contributed by atoms with Crippen LogP contribution >= 0.6 is 0 Å². The molecule has 3 heterocycles. The second-order valence-electron chi connectivity index (χ2n) is 9.54. The van der Waals surface area contributed by atoms with Gasteiger partial charge in [-0.05, 0) is 48.4 Å². The Balaban J connectivity index is 1.16. The molecule has 0 saturated carbocycles. The second kappa shape index (κ2) is 9.17. The number of fused-ring (bicyclic) bond motifs is 2. The highest BCUT2D eigenvalue weighted by Gasteiger charge is 2.36. The summed E-state index contributed by atoms with van der Waals surface area (Å²) >= 11 is 0. The van der Waals surface area contributed by atoms with Crippen LogP contribution in [0.4, 0.5) is 5.82 Å². The Labute approximate surface area is 214 Å². The van der Waals surface area contributed by atoms with Crippen molar-refractivity contribution in [3.8, 4) is 0 Å². The lowest BCUT2D eigenvalue weighted by atomic mass is 10.0. The van der Waals surface area contributed by atoms with E-state index in [0.29, 0.717) is 42.9 Å². The van der Waals surface area contributed by atoms with Crippen LogP contribution in [-0.4, -0.2) is 58.7 Å². The number of imide groups is 1. The van der Waals surface area contributed by atoms with E-state index in [4.69, 9.17) is 4.98 Å². The number of para-hydroxylation sites is 1. The van der Waals surface area contributed by atoms with E-state index in [1.165, 1.54) is 10.5 Å². The number of rotatable bonds is 4. The molecule has 0 spiro atoms. The molecule has 3 aromatic carbocycles. The molecule has 3 amide bonds. The summed E-state index contributed by atoms with van der Waals surface area (Å²) in [5, 5.41) is 1.15. The van der Waals surface area contributed by atoms with Gasteiger partial charge in [-0.2, -0.15) is 0 Å². The van der Waals surface area contributed by atoms with Crippen molar-refractivity contribution >= 4 is 34.4 Å². The molecule has 37 heavy (non-hydrogen) atoms. The van der Waals surface area contributed by atoms with Crippen LogP contribution < -0.4 is 4.90 Å². The number of carbonyl (C=O) groups excluding carboxylic acids is 3. The molecule has 0 N–H and O–H groups in total. The lowest BCUT2D eigenvalue weighted by Gasteiger charge is -2.35. The summed E-state index contributed by atoms with van der Waals surface area (Å²) in [7, 11) is 0. The minimum atomic E-state index is -0.360. The van der Waals surface area contributed by atoms with E-state index in [1.807, 2.05) is 48.5 Å². The second-order valence-corrected chi connectivity index (χ2v) is 9.54. The molecule has 0 unspecified atom stereocenters. The van der Waals surface area contributed by atoms with Crippen LogP contribution in [0.15, 0.2) is 78.9 Å². The van der Waals surface area contributed by atoms with Gasteiger partial charge in [-0.1, -0.05) is 48.5 Å². The predicted molar refractivity (Wildman–Crippen MR) is 142 cm³/mol. The maximum absolute atomic E-state index is 13.3. The quantitative estimate of drug-likeness (QED) is 0.399. The summed E-state index contributed by atoms with van der Waals surface area (Å²) in [6.07, 6.45) is 0. The maximum atomic E-state index is 13.3. The normalized spacial score (nSPS) is 15.4. The molecule has 0 aliphatic carbocycles. The molecule has 2 aliphatic rings. The first-order valence-electron chi connectivity index (χ1n) is 12.4. The number of aryl methyl sites for hydroxylation is 1. The number of pyridine rings is 1. The van der Waals surface area contributed by atoms with Crippen LogP contribution in [0.5, 0.6) is 0 Å². The van der Waals surface area contributed by atoms with E-state index in [1.54, 1.807) is 23.1 Å². The fraction of sp³-hybridized carbons (Fsp3) is 0.200. The van der Waals surface area contributed by atoms with E-state index in [2.05, 4.69) is 24.0 Å². The average Bonchev–Trinajstić information content (AvgIpc) is 3.17. The number of anilines is 1. The van der Waals surface area contributed by atoms with Crippen molar-refractivity contribution in [2.75, 3.05) is 31.1 Å². The topological polar surface area (TPSA) is 73.8 Å². The molecule has 0 bridgehead atoms. The molecule has 1 aromatic heterocycles. The lowest BCUT2D eigenvalue weighted by Crippen LogP contribution is -2.49. The van der Waals surface area contributed by atoms with Crippen molar-refractivity contribution in [3.63, 3.8) is 0 Å². The van der Waals surface area contributed by atoms with Crippen LogP contribution in [0.3, 0.4) is 0 Å². The van der Waals surface area contributed by atoms with Crippen LogP contribution in [0.25, 0.3) is 10.9 Å². The van der Waals surface area contributed by atoms with Crippen molar-refractivity contribution in [3.05, 3.63) is 107 Å². The van der Waals surface area contributed by atoms with E-state index in [9.17, 15) is 14.4 Å². The number of benzene rings is 3. The minimum absolute atomic E-state index is 0.133. The van der Waals surface area contributed by atoms with Crippen LogP contribution in [0.2, 0.25) is 0 Å². The fourth-order valence-electron chi connectivity index (χ4n) is 5.15. The first kappa shape index (κ1) is 22.9. The fourth-order valence-corrected chi connectivity index (χ4v) is 5.15. The highest BCUT2D eigenvalue weighted by Crippen LogP contribution is 2.27. The Hall–Kier alpha value is -4.52. The molecule has 2 aliphatic heterocycles. The third kappa shape index (κ3) is 4.12. The molecule has 7 nitrogen and oxygen atoms in total. The lowest BCUT2D eigenvalue weighted by molar-refractivity contribution is 0.0642. The summed E-state index contributed by atoms with van der Waals surface area (Å²) in [5.74, 6) is 0.103. The van der Waals surface area contributed by atoms with Gasteiger partial charge in [0.05, 0.1) is 23.2 Å². The number of aromatic nitrogens is 1. The predicted octanol–water partition coefficient (Wildman–Crippen LogP) is 4.30. The number of piperazine rings is 1. The zero-order chi connectivity index (χ0) is 25.5. The van der Waals surface area contributed by atoms with Crippen molar-refractivity contribution in [1.82, 2.24) is 14.8 Å². The minimum Gasteiger partial charge on any atom is -0.353 e. The molecular weight excluding hydrogens is 464 g/mol. The van der Waals surface area contributed by atoms with Gasteiger partial charge in [0, 0.05) is 37.1 Å². The van der Waals surface area contributed by atoms with Gasteiger partial charge < -0.3 is 9.80 Å². The zero-order valence-electron chi connectivity index (χ0n) is 20.6. The first-order chi connectivity index (χ1) is 18.0. The highest BCUT2D eigenvalue weighted by atomic mass is 16.2. The van der Waals surface area contributed by atoms with Crippen molar-refractivity contribution in [2.24, 2.45) is 0 Å². The summed E-state index contributed by atoms with van der Waals surface area (Å²) in [6, 6.07) is 24.4. The van der Waals surface area contributed by atoms with Gasteiger partial charge in [-0.3, -0.25) is 19.3 Å². The largest absolute Gasteiger partial charge is 0.353 e. The zero-order valence-corrected chi connectivity index (χ0v) is 20.6. The van der Waals surface area contributed by atoms with Gasteiger partial charge in [0.2, 0.25) is 0 Å². The van der Waals surface area contributed by atoms with Crippen molar-refractivity contribution in [1.29, 1.82) is 0 Å². The number of nitrogens with zero attached hydrogens (tertiary/aromatic N) is 4. The summed E-state index contributed by atoms with van der Waals surface area (Å²) in [5.41, 5.74) is 4.09. The summed E-state index contributed by atoms with van der Waals surface area (Å²) in [4.78, 5) is 49.3.